The Hall–Kier alpha value is -1.42. The topological polar surface area (TPSA) is 53.2 Å². The maximum Gasteiger partial charge on any atom is 0.165 e. The summed E-state index contributed by atoms with van der Waals surface area (Å²) in [5.74, 6) is 0.506. The number of aromatic nitrogens is 1. The monoisotopic (exact) mass is 220 g/mol. The zero-order valence-electron chi connectivity index (χ0n) is 9.24. The van der Waals surface area contributed by atoms with Crippen molar-refractivity contribution in [2.24, 2.45) is 0 Å². The van der Waals surface area contributed by atoms with Gasteiger partial charge in [0.1, 0.15) is 5.78 Å². The summed E-state index contributed by atoms with van der Waals surface area (Å²) in [5.41, 5.74) is 0.744. The van der Waals surface area contributed by atoms with Crippen LogP contribution in [0.25, 0.3) is 0 Å². The first-order valence-electron chi connectivity index (χ1n) is 5.66. The lowest BCUT2D eigenvalue weighted by atomic mass is 10.1. The van der Waals surface area contributed by atoms with Crippen LogP contribution in [-0.4, -0.2) is 41.1 Å². The molecule has 0 aliphatic carbocycles. The standard InChI is InChI=1S/C12H16N2O2/c15-11-2-6-14(7-3-11)8-4-12(16)10-1-5-13-9-10/h1,5,9,13H,2-4,6-8H2. The van der Waals surface area contributed by atoms with Gasteiger partial charge in [0.05, 0.1) is 0 Å². The van der Waals surface area contributed by atoms with Crippen LogP contribution in [0.15, 0.2) is 18.5 Å². The number of ketones is 2. The van der Waals surface area contributed by atoms with Crippen molar-refractivity contribution in [3.8, 4) is 0 Å². The van der Waals surface area contributed by atoms with Gasteiger partial charge in [-0.2, -0.15) is 0 Å². The predicted molar refractivity (Wildman–Crippen MR) is 60.4 cm³/mol. The Balaban J connectivity index is 1.75. The Morgan fingerprint density at radius 3 is 2.75 bits per heavy atom. The molecule has 2 rings (SSSR count). The summed E-state index contributed by atoms with van der Waals surface area (Å²) < 4.78 is 0. The number of H-pyrrole nitrogens is 1. The molecule has 1 aromatic heterocycles. The van der Waals surface area contributed by atoms with E-state index in [2.05, 4.69) is 9.88 Å². The minimum Gasteiger partial charge on any atom is -0.367 e. The molecule has 0 atom stereocenters. The van der Waals surface area contributed by atoms with E-state index in [1.165, 1.54) is 0 Å². The van der Waals surface area contributed by atoms with Crippen LogP contribution in [0.3, 0.4) is 0 Å². The Labute approximate surface area is 94.6 Å². The molecule has 16 heavy (non-hydrogen) atoms. The summed E-state index contributed by atoms with van der Waals surface area (Å²) in [4.78, 5) is 27.8. The quantitative estimate of drug-likeness (QED) is 0.777. The van der Waals surface area contributed by atoms with Gasteiger partial charge in [0.2, 0.25) is 0 Å². The molecule has 0 bridgehead atoms. The van der Waals surface area contributed by atoms with Crippen molar-refractivity contribution in [1.29, 1.82) is 0 Å². The van der Waals surface area contributed by atoms with Gasteiger partial charge in [-0.25, -0.2) is 0 Å². The van der Waals surface area contributed by atoms with Crippen LogP contribution in [0.4, 0.5) is 0 Å². The number of rotatable bonds is 4. The van der Waals surface area contributed by atoms with Gasteiger partial charge >= 0.3 is 0 Å². The average Bonchev–Trinajstić information content (AvgIpc) is 2.81. The molecule has 0 radical (unpaired) electrons. The Morgan fingerprint density at radius 1 is 1.38 bits per heavy atom. The van der Waals surface area contributed by atoms with Gasteiger partial charge in [0, 0.05) is 56.9 Å². The van der Waals surface area contributed by atoms with E-state index in [9.17, 15) is 9.59 Å². The minimum atomic E-state index is 0.165. The lowest BCUT2D eigenvalue weighted by molar-refractivity contribution is -0.121. The summed E-state index contributed by atoms with van der Waals surface area (Å²) in [6.07, 6.45) is 5.29. The number of hydrogen-bond donors (Lipinski definition) is 1. The van der Waals surface area contributed by atoms with Crippen molar-refractivity contribution in [3.63, 3.8) is 0 Å². The van der Waals surface area contributed by atoms with Gasteiger partial charge in [-0.3, -0.25) is 9.59 Å². The normalized spacial score (nSPS) is 17.6. The second-order valence-corrected chi connectivity index (χ2v) is 4.15. The van der Waals surface area contributed by atoms with Gasteiger partial charge < -0.3 is 9.88 Å². The smallest absolute Gasteiger partial charge is 0.165 e. The number of carbonyl (C=O) groups is 2. The van der Waals surface area contributed by atoms with E-state index in [4.69, 9.17) is 0 Å². The van der Waals surface area contributed by atoms with E-state index in [1.54, 1.807) is 18.5 Å². The number of aromatic amines is 1. The zero-order valence-corrected chi connectivity index (χ0v) is 9.24. The van der Waals surface area contributed by atoms with Crippen LogP contribution in [-0.2, 0) is 4.79 Å². The van der Waals surface area contributed by atoms with Crippen LogP contribution in [0.2, 0.25) is 0 Å². The maximum atomic E-state index is 11.7. The minimum absolute atomic E-state index is 0.165. The second kappa shape index (κ2) is 5.07. The molecule has 1 fully saturated rings. The molecule has 0 unspecified atom stereocenters. The molecule has 2 heterocycles. The molecule has 0 amide bonds. The van der Waals surface area contributed by atoms with E-state index in [1.807, 2.05) is 0 Å². The van der Waals surface area contributed by atoms with Crippen molar-refractivity contribution in [1.82, 2.24) is 9.88 Å². The van der Waals surface area contributed by atoms with E-state index < -0.39 is 0 Å². The SMILES string of the molecule is O=C1CCN(CCC(=O)c2cc[nH]c2)CC1. The molecule has 0 spiro atoms. The van der Waals surface area contributed by atoms with Crippen LogP contribution in [0, 0.1) is 0 Å². The summed E-state index contributed by atoms with van der Waals surface area (Å²) in [6, 6.07) is 1.79. The predicted octanol–water partition coefficient (Wildman–Crippen LogP) is 1.25. The fourth-order valence-electron chi connectivity index (χ4n) is 1.93. The average molecular weight is 220 g/mol. The van der Waals surface area contributed by atoms with Crippen molar-refractivity contribution >= 4 is 11.6 Å². The van der Waals surface area contributed by atoms with E-state index in [-0.39, 0.29) is 5.78 Å². The van der Waals surface area contributed by atoms with E-state index in [0.29, 0.717) is 25.0 Å². The maximum absolute atomic E-state index is 11.7. The fraction of sp³-hybridized carbons (Fsp3) is 0.500. The van der Waals surface area contributed by atoms with Crippen LogP contribution < -0.4 is 0 Å². The molecule has 4 heteroatoms. The van der Waals surface area contributed by atoms with Crippen molar-refractivity contribution in [2.45, 2.75) is 19.3 Å². The number of nitrogens with one attached hydrogen (secondary N) is 1. The lowest BCUT2D eigenvalue weighted by Crippen LogP contribution is -2.35. The van der Waals surface area contributed by atoms with E-state index >= 15 is 0 Å². The van der Waals surface area contributed by atoms with Crippen molar-refractivity contribution < 1.29 is 9.59 Å². The number of piperidine rings is 1. The number of nitrogens with zero attached hydrogens (tertiary/aromatic N) is 1. The fourth-order valence-corrected chi connectivity index (χ4v) is 1.93. The van der Waals surface area contributed by atoms with Crippen LogP contribution >= 0.6 is 0 Å². The van der Waals surface area contributed by atoms with Crippen molar-refractivity contribution in [2.75, 3.05) is 19.6 Å². The molecule has 1 aliphatic heterocycles. The highest BCUT2D eigenvalue weighted by molar-refractivity contribution is 5.95. The van der Waals surface area contributed by atoms with E-state index in [0.717, 1.165) is 25.2 Å². The van der Waals surface area contributed by atoms with Gasteiger partial charge in [0.15, 0.2) is 5.78 Å². The second-order valence-electron chi connectivity index (χ2n) is 4.15. The number of likely N-dealkylation sites (tertiary alicyclic amines) is 1. The molecule has 4 nitrogen and oxygen atoms in total. The zero-order chi connectivity index (χ0) is 11.4. The van der Waals surface area contributed by atoms with Crippen LogP contribution in [0.1, 0.15) is 29.6 Å². The van der Waals surface area contributed by atoms with Gasteiger partial charge in [-0.1, -0.05) is 0 Å². The number of hydrogen-bond acceptors (Lipinski definition) is 3. The summed E-state index contributed by atoms with van der Waals surface area (Å²) in [7, 11) is 0. The third-order valence-corrected chi connectivity index (χ3v) is 2.99. The molecule has 86 valence electrons. The lowest BCUT2D eigenvalue weighted by Gasteiger charge is -2.25. The molecule has 1 aliphatic rings. The first kappa shape index (κ1) is 11.1. The summed E-state index contributed by atoms with van der Waals surface area (Å²) in [6.45, 7) is 2.37. The Morgan fingerprint density at radius 2 is 2.12 bits per heavy atom. The molecular formula is C12H16N2O2. The molecule has 0 saturated carbocycles. The van der Waals surface area contributed by atoms with Crippen LogP contribution in [0.5, 0.6) is 0 Å². The molecular weight excluding hydrogens is 204 g/mol. The third kappa shape index (κ3) is 2.79. The van der Waals surface area contributed by atoms with Gasteiger partial charge in [-0.05, 0) is 6.07 Å². The number of Topliss-reactive ketones (excluding diaryl/α,β-unsaturated/α-hetero) is 2. The Bertz CT molecular complexity index is 360. The van der Waals surface area contributed by atoms with Gasteiger partial charge in [0.25, 0.3) is 0 Å². The molecule has 1 N–H and O–H groups in total. The first-order valence-corrected chi connectivity index (χ1v) is 5.66. The number of carbonyl (C=O) groups excluding carboxylic acids is 2. The highest BCUT2D eigenvalue weighted by atomic mass is 16.1. The highest BCUT2D eigenvalue weighted by Crippen LogP contribution is 2.08. The summed E-state index contributed by atoms with van der Waals surface area (Å²) >= 11 is 0. The molecule has 0 aromatic carbocycles. The highest BCUT2D eigenvalue weighted by Gasteiger charge is 2.16. The first-order chi connectivity index (χ1) is 7.75. The third-order valence-electron chi connectivity index (χ3n) is 2.99. The van der Waals surface area contributed by atoms with Crippen molar-refractivity contribution in [3.05, 3.63) is 24.0 Å². The Kier molecular flexibility index (Phi) is 3.51. The largest absolute Gasteiger partial charge is 0.367 e. The molecule has 1 aromatic rings. The molecule has 1 saturated heterocycles. The van der Waals surface area contributed by atoms with Gasteiger partial charge in [-0.15, -0.1) is 0 Å². The summed E-state index contributed by atoms with van der Waals surface area (Å²) in [5, 5.41) is 0.